The van der Waals surface area contributed by atoms with E-state index in [-0.39, 0.29) is 17.6 Å². The lowest BCUT2D eigenvalue weighted by Crippen LogP contribution is -2.36. The van der Waals surface area contributed by atoms with Crippen LogP contribution in [-0.2, 0) is 22.6 Å². The van der Waals surface area contributed by atoms with E-state index in [1.54, 1.807) is 33.3 Å². The summed E-state index contributed by atoms with van der Waals surface area (Å²) in [7, 11) is 0. The average Bonchev–Trinajstić information content (AvgIpc) is 2.99. The van der Waals surface area contributed by atoms with Gasteiger partial charge in [0.15, 0.2) is 0 Å². The van der Waals surface area contributed by atoms with Gasteiger partial charge in [0, 0.05) is 37.5 Å². The van der Waals surface area contributed by atoms with Crippen LogP contribution in [0.4, 0.5) is 4.39 Å². The first-order chi connectivity index (χ1) is 11.6. The van der Waals surface area contributed by atoms with Crippen LogP contribution in [0.5, 0.6) is 0 Å². The second kappa shape index (κ2) is 7.57. The van der Waals surface area contributed by atoms with Crippen molar-refractivity contribution < 1.29 is 14.0 Å². The standard InChI is InChI=1S/C18H19FN2O2S/c19-15-4-1-3-14(11-15)13-21-9-8-20(7-6-17(21)22)18(23)12-16-5-2-10-24-16/h1-5,10-11H,6-9,12-13H2. The molecule has 0 bridgehead atoms. The van der Waals surface area contributed by atoms with Gasteiger partial charge in [-0.1, -0.05) is 18.2 Å². The molecule has 0 aliphatic carbocycles. The van der Waals surface area contributed by atoms with Crippen LogP contribution in [0.25, 0.3) is 0 Å². The molecule has 2 heterocycles. The lowest BCUT2D eigenvalue weighted by atomic mass is 10.2. The molecule has 0 spiro atoms. The van der Waals surface area contributed by atoms with E-state index in [1.807, 2.05) is 17.5 Å². The fraction of sp³-hybridized carbons (Fsp3) is 0.333. The first-order valence-electron chi connectivity index (χ1n) is 7.94. The fourth-order valence-corrected chi connectivity index (χ4v) is 3.51. The van der Waals surface area contributed by atoms with Crippen LogP contribution in [0.2, 0.25) is 0 Å². The van der Waals surface area contributed by atoms with Crippen LogP contribution in [-0.4, -0.2) is 41.2 Å². The molecule has 0 N–H and O–H groups in total. The Morgan fingerprint density at radius 1 is 1.17 bits per heavy atom. The molecular formula is C18H19FN2O2S. The molecule has 1 fully saturated rings. The van der Waals surface area contributed by atoms with Crippen molar-refractivity contribution in [3.05, 3.63) is 58.0 Å². The van der Waals surface area contributed by atoms with Crippen molar-refractivity contribution in [3.8, 4) is 0 Å². The minimum Gasteiger partial charge on any atom is -0.340 e. The van der Waals surface area contributed by atoms with E-state index in [1.165, 1.54) is 12.1 Å². The van der Waals surface area contributed by atoms with Gasteiger partial charge in [-0.05, 0) is 29.1 Å². The molecule has 1 aromatic heterocycles. The summed E-state index contributed by atoms with van der Waals surface area (Å²) in [6, 6.07) is 10.2. The molecule has 1 aliphatic heterocycles. The molecule has 1 aromatic carbocycles. The van der Waals surface area contributed by atoms with Gasteiger partial charge in [0.1, 0.15) is 5.82 Å². The van der Waals surface area contributed by atoms with E-state index in [0.717, 1.165) is 10.4 Å². The number of rotatable bonds is 4. The van der Waals surface area contributed by atoms with E-state index in [2.05, 4.69) is 0 Å². The van der Waals surface area contributed by atoms with Gasteiger partial charge < -0.3 is 9.80 Å². The summed E-state index contributed by atoms with van der Waals surface area (Å²) in [5.74, 6) is -0.244. The van der Waals surface area contributed by atoms with Crippen molar-refractivity contribution >= 4 is 23.2 Å². The van der Waals surface area contributed by atoms with Crippen LogP contribution in [0.15, 0.2) is 41.8 Å². The molecule has 1 saturated heterocycles. The lowest BCUT2D eigenvalue weighted by molar-refractivity contribution is -0.130. The number of thiophene rings is 1. The number of hydrogen-bond acceptors (Lipinski definition) is 3. The van der Waals surface area contributed by atoms with Gasteiger partial charge in [0.05, 0.1) is 6.42 Å². The fourth-order valence-electron chi connectivity index (χ4n) is 2.81. The Bertz CT molecular complexity index is 718. The molecule has 3 rings (SSSR count). The third-order valence-electron chi connectivity index (χ3n) is 4.11. The van der Waals surface area contributed by atoms with Gasteiger partial charge >= 0.3 is 0 Å². The van der Waals surface area contributed by atoms with Crippen molar-refractivity contribution in [2.45, 2.75) is 19.4 Å². The summed E-state index contributed by atoms with van der Waals surface area (Å²) in [4.78, 5) is 29.2. The molecule has 2 amide bonds. The van der Waals surface area contributed by atoms with Gasteiger partial charge in [0.25, 0.3) is 0 Å². The second-order valence-electron chi connectivity index (χ2n) is 5.83. The number of carbonyl (C=O) groups is 2. The van der Waals surface area contributed by atoms with Gasteiger partial charge in [-0.3, -0.25) is 9.59 Å². The monoisotopic (exact) mass is 346 g/mol. The van der Waals surface area contributed by atoms with E-state index < -0.39 is 0 Å². The van der Waals surface area contributed by atoms with Gasteiger partial charge in [-0.2, -0.15) is 0 Å². The van der Waals surface area contributed by atoms with E-state index in [0.29, 0.717) is 39.0 Å². The molecule has 4 nitrogen and oxygen atoms in total. The maximum Gasteiger partial charge on any atom is 0.227 e. The van der Waals surface area contributed by atoms with E-state index >= 15 is 0 Å². The zero-order valence-corrected chi connectivity index (χ0v) is 14.1. The first-order valence-corrected chi connectivity index (χ1v) is 8.82. The zero-order chi connectivity index (χ0) is 16.9. The molecule has 24 heavy (non-hydrogen) atoms. The summed E-state index contributed by atoms with van der Waals surface area (Å²) in [5, 5.41) is 1.95. The molecule has 0 saturated carbocycles. The lowest BCUT2D eigenvalue weighted by Gasteiger charge is -2.22. The summed E-state index contributed by atoms with van der Waals surface area (Å²) < 4.78 is 13.3. The zero-order valence-electron chi connectivity index (χ0n) is 13.3. The summed E-state index contributed by atoms with van der Waals surface area (Å²) in [6.07, 6.45) is 0.696. The number of amides is 2. The van der Waals surface area contributed by atoms with Crippen LogP contribution in [0.1, 0.15) is 16.9 Å². The topological polar surface area (TPSA) is 40.6 Å². The molecule has 0 atom stereocenters. The molecule has 6 heteroatoms. The minimum atomic E-state index is -0.303. The second-order valence-corrected chi connectivity index (χ2v) is 6.86. The Morgan fingerprint density at radius 2 is 2.04 bits per heavy atom. The third-order valence-corrected chi connectivity index (χ3v) is 4.99. The molecule has 2 aromatic rings. The highest BCUT2D eigenvalue weighted by Gasteiger charge is 2.24. The van der Waals surface area contributed by atoms with E-state index in [9.17, 15) is 14.0 Å². The average molecular weight is 346 g/mol. The van der Waals surface area contributed by atoms with Crippen LogP contribution in [0.3, 0.4) is 0 Å². The molecule has 1 aliphatic rings. The predicted octanol–water partition coefficient (Wildman–Crippen LogP) is 2.69. The Hall–Kier alpha value is -2.21. The number of benzene rings is 1. The largest absolute Gasteiger partial charge is 0.340 e. The van der Waals surface area contributed by atoms with Crippen LogP contribution in [0, 0.1) is 5.82 Å². The number of hydrogen-bond donors (Lipinski definition) is 0. The molecular weight excluding hydrogens is 327 g/mol. The number of halogens is 1. The van der Waals surface area contributed by atoms with Crippen LogP contribution < -0.4 is 0 Å². The Balaban J connectivity index is 1.60. The smallest absolute Gasteiger partial charge is 0.227 e. The van der Waals surface area contributed by atoms with Crippen molar-refractivity contribution in [2.24, 2.45) is 0 Å². The maximum absolute atomic E-state index is 13.3. The number of nitrogens with zero attached hydrogens (tertiary/aromatic N) is 2. The highest BCUT2D eigenvalue weighted by atomic mass is 32.1. The quantitative estimate of drug-likeness (QED) is 0.854. The highest BCUT2D eigenvalue weighted by molar-refractivity contribution is 7.10. The predicted molar refractivity (Wildman–Crippen MR) is 91.0 cm³/mol. The normalized spacial score (nSPS) is 15.5. The minimum absolute atomic E-state index is 0.00526. The Labute approximate surface area is 144 Å². The van der Waals surface area contributed by atoms with Gasteiger partial charge in [0.2, 0.25) is 11.8 Å². The van der Waals surface area contributed by atoms with Crippen molar-refractivity contribution in [1.29, 1.82) is 0 Å². The Morgan fingerprint density at radius 3 is 2.79 bits per heavy atom. The maximum atomic E-state index is 13.3. The van der Waals surface area contributed by atoms with Crippen molar-refractivity contribution in [1.82, 2.24) is 9.80 Å². The molecule has 0 radical (unpaired) electrons. The van der Waals surface area contributed by atoms with Crippen molar-refractivity contribution in [2.75, 3.05) is 19.6 Å². The molecule has 126 valence electrons. The molecule has 0 unspecified atom stereocenters. The number of carbonyl (C=O) groups excluding carboxylic acids is 2. The van der Waals surface area contributed by atoms with Crippen molar-refractivity contribution in [3.63, 3.8) is 0 Å². The Kier molecular flexibility index (Phi) is 5.25. The van der Waals surface area contributed by atoms with Gasteiger partial charge in [-0.15, -0.1) is 11.3 Å². The summed E-state index contributed by atoms with van der Waals surface area (Å²) >= 11 is 1.56. The third kappa shape index (κ3) is 4.20. The highest BCUT2D eigenvalue weighted by Crippen LogP contribution is 2.14. The first kappa shape index (κ1) is 16.6. The van der Waals surface area contributed by atoms with Gasteiger partial charge in [-0.25, -0.2) is 4.39 Å². The van der Waals surface area contributed by atoms with Crippen LogP contribution >= 0.6 is 11.3 Å². The summed E-state index contributed by atoms with van der Waals surface area (Å²) in [6.45, 7) is 1.82. The van der Waals surface area contributed by atoms with E-state index in [4.69, 9.17) is 0 Å². The summed E-state index contributed by atoms with van der Waals surface area (Å²) in [5.41, 5.74) is 0.765. The SMILES string of the molecule is O=C(Cc1cccs1)N1CCC(=O)N(Cc2cccc(F)c2)CC1.